The van der Waals surface area contributed by atoms with Crippen LogP contribution >= 0.6 is 11.8 Å². The van der Waals surface area contributed by atoms with E-state index < -0.39 is 24.2 Å². The van der Waals surface area contributed by atoms with Gasteiger partial charge in [-0.25, -0.2) is 14.6 Å². The van der Waals surface area contributed by atoms with Crippen LogP contribution in [0.4, 0.5) is 5.82 Å². The van der Waals surface area contributed by atoms with Crippen LogP contribution in [0.2, 0.25) is 0 Å². The summed E-state index contributed by atoms with van der Waals surface area (Å²) in [5.74, 6) is 0.524. The highest BCUT2D eigenvalue weighted by molar-refractivity contribution is 7.99. The van der Waals surface area contributed by atoms with E-state index in [0.717, 1.165) is 37.1 Å². The predicted molar refractivity (Wildman–Crippen MR) is 142 cm³/mol. The van der Waals surface area contributed by atoms with Crippen LogP contribution < -0.4 is 10.6 Å². The molecule has 12 heteroatoms. The average Bonchev–Trinajstić information content (AvgIpc) is 3.44. The monoisotopic (exact) mass is 529 g/mol. The number of hydrogen-bond acceptors (Lipinski definition) is 10. The summed E-state index contributed by atoms with van der Waals surface area (Å²) in [6, 6.07) is 6.13. The van der Waals surface area contributed by atoms with Crippen molar-refractivity contribution in [2.24, 2.45) is 5.92 Å². The average molecular weight is 530 g/mol. The number of aromatic hydroxyl groups is 1. The second-order valence-corrected chi connectivity index (χ2v) is 10.4. The van der Waals surface area contributed by atoms with Crippen molar-refractivity contribution in [1.82, 2.24) is 30.3 Å². The van der Waals surface area contributed by atoms with E-state index in [0.29, 0.717) is 35.1 Å². The number of thioether (sulfide) groups is 1. The van der Waals surface area contributed by atoms with Gasteiger partial charge in [-0.2, -0.15) is 0 Å². The molecule has 0 spiro atoms. The second kappa shape index (κ2) is 12.5. The zero-order chi connectivity index (χ0) is 26.4. The quantitative estimate of drug-likeness (QED) is 0.134. The SMILES string of the molecule is CCCCNc1nc(SCCC)nc2c1nnn2C1C[C@H](C(=O)NCCc2ccc(O)cc2)C(O)C1O. The molecule has 0 saturated heterocycles. The summed E-state index contributed by atoms with van der Waals surface area (Å²) in [5, 5.41) is 46.4. The Hall–Kier alpha value is -2.96. The smallest absolute Gasteiger partial charge is 0.225 e. The fourth-order valence-corrected chi connectivity index (χ4v) is 5.13. The number of aliphatic hydroxyl groups is 2. The van der Waals surface area contributed by atoms with Crippen LogP contribution in [0.15, 0.2) is 29.4 Å². The van der Waals surface area contributed by atoms with Crippen molar-refractivity contribution in [3.63, 3.8) is 0 Å². The Kier molecular flexibility index (Phi) is 9.17. The van der Waals surface area contributed by atoms with E-state index >= 15 is 0 Å². The van der Waals surface area contributed by atoms with Crippen molar-refractivity contribution in [3.8, 4) is 5.75 Å². The molecule has 1 aliphatic carbocycles. The number of anilines is 1. The highest BCUT2D eigenvalue weighted by Gasteiger charge is 2.47. The fraction of sp³-hybridized carbons (Fsp3) is 0.560. The molecule has 1 saturated carbocycles. The van der Waals surface area contributed by atoms with Gasteiger partial charge in [0.25, 0.3) is 0 Å². The van der Waals surface area contributed by atoms with Crippen molar-refractivity contribution in [1.29, 1.82) is 0 Å². The summed E-state index contributed by atoms with van der Waals surface area (Å²) in [7, 11) is 0. The number of nitrogens with one attached hydrogen (secondary N) is 2. The van der Waals surface area contributed by atoms with Gasteiger partial charge in [0.15, 0.2) is 22.1 Å². The number of unbranched alkanes of at least 4 members (excludes halogenated alkanes) is 1. The predicted octanol–water partition coefficient (Wildman–Crippen LogP) is 2.28. The highest BCUT2D eigenvalue weighted by atomic mass is 32.2. The standard InChI is InChI=1S/C25H35N7O4S/c1-3-5-11-26-22-19-23(29-25(28-22)37-13-4-2)32(31-30-19)18-14-17(20(34)21(18)35)24(36)27-12-10-15-6-8-16(33)9-7-15/h6-9,17-18,20-21,33-35H,3-5,10-14H2,1-2H3,(H,27,36)(H,26,28,29)/t17-,18?,20?,21?/m0/s1. The number of aromatic nitrogens is 5. The summed E-state index contributed by atoms with van der Waals surface area (Å²) in [6.07, 6.45) is 1.33. The topological polar surface area (TPSA) is 158 Å². The Balaban J connectivity index is 1.50. The molecule has 1 aromatic carbocycles. The molecule has 1 fully saturated rings. The van der Waals surface area contributed by atoms with E-state index in [9.17, 15) is 20.1 Å². The lowest BCUT2D eigenvalue weighted by atomic mass is 10.0. The molecule has 37 heavy (non-hydrogen) atoms. The first-order valence-corrected chi connectivity index (χ1v) is 13.8. The Labute approximate surface area is 220 Å². The number of carbonyl (C=O) groups excluding carboxylic acids is 1. The number of fused-ring (bicyclic) bond motifs is 1. The molecule has 2 heterocycles. The van der Waals surface area contributed by atoms with Crippen LogP contribution in [-0.4, -0.2) is 77.2 Å². The van der Waals surface area contributed by atoms with Gasteiger partial charge in [0.2, 0.25) is 5.91 Å². The minimum atomic E-state index is -1.24. The summed E-state index contributed by atoms with van der Waals surface area (Å²) in [6.45, 7) is 5.31. The van der Waals surface area contributed by atoms with Gasteiger partial charge in [-0.1, -0.05) is 49.4 Å². The van der Waals surface area contributed by atoms with Gasteiger partial charge < -0.3 is 26.0 Å². The molecule has 1 aliphatic rings. The molecular weight excluding hydrogens is 494 g/mol. The van der Waals surface area contributed by atoms with Crippen LogP contribution in [0, 0.1) is 5.92 Å². The van der Waals surface area contributed by atoms with Gasteiger partial charge in [-0.3, -0.25) is 4.79 Å². The van der Waals surface area contributed by atoms with Crippen molar-refractivity contribution < 1.29 is 20.1 Å². The van der Waals surface area contributed by atoms with Crippen LogP contribution in [-0.2, 0) is 11.2 Å². The zero-order valence-electron chi connectivity index (χ0n) is 21.2. The third kappa shape index (κ3) is 6.31. The number of aliphatic hydroxyl groups excluding tert-OH is 2. The Bertz CT molecular complexity index is 1190. The molecule has 0 aliphatic heterocycles. The maximum Gasteiger partial charge on any atom is 0.225 e. The van der Waals surface area contributed by atoms with Gasteiger partial charge in [-0.15, -0.1) is 5.10 Å². The Morgan fingerprint density at radius 2 is 1.89 bits per heavy atom. The summed E-state index contributed by atoms with van der Waals surface area (Å²) in [4.78, 5) is 22.2. The fourth-order valence-electron chi connectivity index (χ4n) is 4.43. The zero-order valence-corrected chi connectivity index (χ0v) is 22.0. The minimum absolute atomic E-state index is 0.188. The maximum absolute atomic E-state index is 12.9. The van der Waals surface area contributed by atoms with Crippen molar-refractivity contribution >= 4 is 34.7 Å². The molecule has 200 valence electrons. The number of benzene rings is 1. The largest absolute Gasteiger partial charge is 0.508 e. The lowest BCUT2D eigenvalue weighted by molar-refractivity contribution is -0.128. The minimum Gasteiger partial charge on any atom is -0.508 e. The molecule has 4 rings (SSSR count). The van der Waals surface area contributed by atoms with Crippen LogP contribution in [0.1, 0.15) is 51.1 Å². The summed E-state index contributed by atoms with van der Waals surface area (Å²) in [5.41, 5.74) is 1.94. The summed E-state index contributed by atoms with van der Waals surface area (Å²) < 4.78 is 1.52. The lowest BCUT2D eigenvalue weighted by Crippen LogP contribution is -2.38. The molecule has 0 radical (unpaired) electrons. The van der Waals surface area contributed by atoms with E-state index in [1.54, 1.807) is 24.3 Å². The number of phenols is 1. The van der Waals surface area contributed by atoms with Crippen LogP contribution in [0.3, 0.4) is 0 Å². The normalized spacial score (nSPS) is 21.4. The molecular formula is C25H35N7O4S. The van der Waals surface area contributed by atoms with Crippen LogP contribution in [0.25, 0.3) is 11.2 Å². The third-order valence-corrected chi connectivity index (χ3v) is 7.57. The molecule has 0 bridgehead atoms. The van der Waals surface area contributed by atoms with E-state index in [4.69, 9.17) is 0 Å². The number of hydrogen-bond donors (Lipinski definition) is 5. The first-order chi connectivity index (χ1) is 17.9. The van der Waals surface area contributed by atoms with Gasteiger partial charge in [0.05, 0.1) is 18.1 Å². The molecule has 3 aromatic rings. The molecule has 4 atom stereocenters. The molecule has 1 amide bonds. The highest BCUT2D eigenvalue weighted by Crippen LogP contribution is 2.37. The molecule has 3 unspecified atom stereocenters. The van der Waals surface area contributed by atoms with E-state index in [2.05, 4.69) is 44.8 Å². The second-order valence-electron chi connectivity index (χ2n) is 9.29. The maximum atomic E-state index is 12.9. The van der Waals surface area contributed by atoms with Gasteiger partial charge in [0, 0.05) is 18.8 Å². The van der Waals surface area contributed by atoms with E-state index in [1.807, 2.05) is 0 Å². The first kappa shape index (κ1) is 27.1. The molecule has 11 nitrogen and oxygen atoms in total. The van der Waals surface area contributed by atoms with E-state index in [-0.39, 0.29) is 18.1 Å². The number of rotatable bonds is 12. The lowest BCUT2D eigenvalue weighted by Gasteiger charge is -2.17. The number of amides is 1. The van der Waals surface area contributed by atoms with Crippen molar-refractivity contribution in [3.05, 3.63) is 29.8 Å². The third-order valence-electron chi connectivity index (χ3n) is 6.51. The number of phenolic OH excluding ortho intramolecular Hbond substituents is 1. The van der Waals surface area contributed by atoms with Crippen LogP contribution in [0.5, 0.6) is 5.75 Å². The van der Waals surface area contributed by atoms with Gasteiger partial charge in [0.1, 0.15) is 11.9 Å². The molecule has 2 aromatic heterocycles. The van der Waals surface area contributed by atoms with Crippen molar-refractivity contribution in [2.45, 2.75) is 69.4 Å². The van der Waals surface area contributed by atoms with Crippen molar-refractivity contribution in [2.75, 3.05) is 24.2 Å². The van der Waals surface area contributed by atoms with Gasteiger partial charge >= 0.3 is 0 Å². The Morgan fingerprint density at radius 3 is 2.62 bits per heavy atom. The summed E-state index contributed by atoms with van der Waals surface area (Å²) >= 11 is 1.54. The Morgan fingerprint density at radius 1 is 1.11 bits per heavy atom. The molecule has 5 N–H and O–H groups in total. The number of nitrogens with zero attached hydrogens (tertiary/aromatic N) is 5. The number of carbonyl (C=O) groups is 1. The first-order valence-electron chi connectivity index (χ1n) is 12.8. The van der Waals surface area contributed by atoms with Gasteiger partial charge in [-0.05, 0) is 43.4 Å². The van der Waals surface area contributed by atoms with E-state index in [1.165, 1.54) is 16.4 Å².